The van der Waals surface area contributed by atoms with Crippen LogP contribution in [-0.2, 0) is 32.5 Å². The van der Waals surface area contributed by atoms with Crippen molar-refractivity contribution < 1.29 is 9.47 Å². The zero-order valence-electron chi connectivity index (χ0n) is 61.7. The van der Waals surface area contributed by atoms with Crippen LogP contribution in [0, 0.1) is 0 Å². The number of hydrogen-bond donors (Lipinski definition) is 0. The van der Waals surface area contributed by atoms with Crippen LogP contribution in [0.4, 0.5) is 0 Å². The maximum Gasteiger partial charge on any atom is 0.260 e. The van der Waals surface area contributed by atoms with Crippen molar-refractivity contribution in [2.45, 2.75) is 177 Å². The van der Waals surface area contributed by atoms with Crippen LogP contribution in [-0.4, -0.2) is 25.4 Å². The number of fused-ring (bicyclic) bond motifs is 13. The Morgan fingerprint density at radius 2 is 0.747 bits per heavy atom. The number of rotatable bonds is 6. The van der Waals surface area contributed by atoms with Gasteiger partial charge in [-0.3, -0.25) is 4.57 Å². The third-order valence-electron chi connectivity index (χ3n) is 21.7. The fraction of sp³-hybridized carbons (Fsp3) is 0.293. The van der Waals surface area contributed by atoms with E-state index in [1.807, 2.05) is 0 Å². The third-order valence-corrected chi connectivity index (χ3v) is 21.7. The summed E-state index contributed by atoms with van der Waals surface area (Å²) in [5.74, 6) is 4.41. The lowest BCUT2D eigenvalue weighted by Gasteiger charge is -2.34. The highest BCUT2D eigenvalue weighted by molar-refractivity contribution is 6.98. The number of nitrogens with zero attached hydrogens (tertiary/aromatic N) is 4. The Bertz CT molecular complexity index is 5510. The second kappa shape index (κ2) is 22.0. The van der Waals surface area contributed by atoms with Crippen LogP contribution in [0.3, 0.4) is 0 Å². The topological polar surface area (TPSA) is 46.1 Å². The van der Waals surface area contributed by atoms with Crippen molar-refractivity contribution >= 4 is 88.5 Å². The molecular weight excluding hydrogens is 1200 g/mol. The molecule has 0 saturated carbocycles. The Kier molecular flexibility index (Phi) is 14.2. The fourth-order valence-corrected chi connectivity index (χ4v) is 15.6. The molecule has 16 rings (SSSR count). The zero-order valence-corrected chi connectivity index (χ0v) is 61.7. The Hall–Kier alpha value is -9.59. The van der Waals surface area contributed by atoms with Crippen LogP contribution in [0.2, 0.25) is 0 Å². The molecule has 2 aliphatic rings. The Labute approximate surface area is 585 Å². The molecule has 0 unspecified atom stereocenters. The first kappa shape index (κ1) is 64.1. The van der Waals surface area contributed by atoms with Crippen molar-refractivity contribution in [3.63, 3.8) is 0 Å². The highest BCUT2D eigenvalue weighted by atomic mass is 16.5. The van der Waals surface area contributed by atoms with Crippen LogP contribution in [0.5, 0.6) is 23.0 Å². The van der Waals surface area contributed by atoms with Crippen LogP contribution in [0.15, 0.2) is 194 Å². The molecule has 4 aromatic heterocycles. The van der Waals surface area contributed by atoms with Gasteiger partial charge in [0.1, 0.15) is 28.8 Å². The van der Waals surface area contributed by atoms with Gasteiger partial charge in [-0.1, -0.05) is 236 Å². The summed E-state index contributed by atoms with van der Waals surface area (Å²) in [7, 11) is 0. The minimum Gasteiger partial charge on any atom is -0.458 e. The van der Waals surface area contributed by atoms with E-state index in [9.17, 15) is 0 Å². The van der Waals surface area contributed by atoms with Gasteiger partial charge in [0.2, 0.25) is 0 Å². The number of pyridine rings is 1. The number of aromatic nitrogens is 4. The molecule has 0 saturated heterocycles. The van der Waals surface area contributed by atoms with Crippen LogP contribution < -0.4 is 25.9 Å². The first-order valence-corrected chi connectivity index (χ1v) is 35.9. The van der Waals surface area contributed by atoms with Gasteiger partial charge in [0.15, 0.2) is 0 Å². The molecule has 0 radical (unpaired) electrons. The van der Waals surface area contributed by atoms with Gasteiger partial charge in [0, 0.05) is 61.7 Å². The lowest BCUT2D eigenvalue weighted by Crippen LogP contribution is -2.57. The molecule has 7 heteroatoms. The van der Waals surface area contributed by atoms with E-state index in [1.54, 1.807) is 0 Å². The molecule has 0 atom stereocenters. The average molecular weight is 1300 g/mol. The van der Waals surface area contributed by atoms with E-state index in [0.29, 0.717) is 5.92 Å². The third kappa shape index (κ3) is 10.7. The molecule has 99 heavy (non-hydrogen) atoms. The molecular formula is C92H93BN4O2. The van der Waals surface area contributed by atoms with E-state index in [1.165, 1.54) is 82.3 Å². The van der Waals surface area contributed by atoms with Gasteiger partial charge >= 0.3 is 0 Å². The molecule has 2 aliphatic heterocycles. The van der Waals surface area contributed by atoms with Gasteiger partial charge in [-0.25, -0.2) is 4.98 Å². The van der Waals surface area contributed by atoms with Crippen molar-refractivity contribution in [3.8, 4) is 62.6 Å². The molecule has 14 aromatic rings. The summed E-state index contributed by atoms with van der Waals surface area (Å²) in [6.07, 6.45) is 0. The second-order valence-electron chi connectivity index (χ2n) is 35.2. The summed E-state index contributed by atoms with van der Waals surface area (Å²) in [5.41, 5.74) is 24.9. The minimum atomic E-state index is -0.264. The monoisotopic (exact) mass is 1300 g/mol. The first-order chi connectivity index (χ1) is 46.6. The maximum absolute atomic E-state index is 7.62. The predicted octanol–water partition coefficient (Wildman–Crippen LogP) is 23.3. The molecule has 0 bridgehead atoms. The molecule has 6 nitrogen and oxygen atoms in total. The molecule has 6 heterocycles. The molecule has 0 fully saturated rings. The van der Waals surface area contributed by atoms with Crippen molar-refractivity contribution in [1.29, 1.82) is 0 Å². The summed E-state index contributed by atoms with van der Waals surface area (Å²) in [4.78, 5) is 5.88. The molecule has 496 valence electrons. The van der Waals surface area contributed by atoms with E-state index < -0.39 is 0 Å². The van der Waals surface area contributed by atoms with Gasteiger partial charge < -0.3 is 18.6 Å². The minimum absolute atomic E-state index is 0.0424. The molecule has 0 N–H and O–H groups in total. The Morgan fingerprint density at radius 3 is 1.22 bits per heavy atom. The molecule has 10 aromatic carbocycles. The van der Waals surface area contributed by atoms with Gasteiger partial charge in [0.05, 0.1) is 44.5 Å². The van der Waals surface area contributed by atoms with Crippen LogP contribution in [0.25, 0.3) is 105 Å². The fourth-order valence-electron chi connectivity index (χ4n) is 15.6. The second-order valence-corrected chi connectivity index (χ2v) is 35.2. The summed E-state index contributed by atoms with van der Waals surface area (Å²) >= 11 is 0. The van der Waals surface area contributed by atoms with Crippen LogP contribution in [0.1, 0.15) is 183 Å². The highest BCUT2D eigenvalue weighted by Crippen LogP contribution is 2.46. The van der Waals surface area contributed by atoms with E-state index in [4.69, 9.17) is 14.5 Å². The quantitative estimate of drug-likeness (QED) is 0.156. The summed E-state index contributed by atoms with van der Waals surface area (Å²) in [5, 5.41) is 7.35. The van der Waals surface area contributed by atoms with Crippen molar-refractivity contribution in [3.05, 3.63) is 233 Å². The average Bonchev–Trinajstić information content (AvgIpc) is 1.60. The molecule has 0 aliphatic carbocycles. The van der Waals surface area contributed by atoms with Gasteiger partial charge in [-0.2, -0.15) is 0 Å². The zero-order chi connectivity index (χ0) is 69.7. The standard InChI is InChI=1S/C92H93BN4O2/c1-53(2)54-22-21-23-55(40-54)57-42-74(94-85(43-57)97-79-48-62(91(15,16)17)27-34-68(79)69-35-28-63(49-80(69)97)92(18,19)20)56-24-39-81-73(41-56)93-72-36-31-64(95-77-46-60(89(9,10)11)25-32-66(77)67-33-26-61(47-78(67)95)90(12,13)14)50-82(72)99-84-52-65(51-83(98-81)86(84)93)96-75-37-29-58(87(3,4)5)44-70(75)71-45-59(88(6,7)8)30-38-76(71)96/h21-53H,1-20H3. The van der Waals surface area contributed by atoms with Gasteiger partial charge in [0.25, 0.3) is 6.71 Å². The Balaban J connectivity index is 0.943. The normalized spacial score (nSPS) is 13.7. The number of benzene rings is 10. The van der Waals surface area contributed by atoms with E-state index in [2.05, 4.69) is 346 Å². The first-order valence-electron chi connectivity index (χ1n) is 35.9. The smallest absolute Gasteiger partial charge is 0.260 e. The SMILES string of the molecule is CC(C)c1cccc(-c2cc(-c3ccc4c(c3)B3c5ccc(-n6c7cc(C(C)(C)C)ccc7c7ccc(C(C)(C)C)cc76)cc5Oc5cc(-n6c7ccc(C(C)(C)C)cc7c7cc(C(C)(C)C)ccc76)cc(c53)O4)nc(-n3c4cc(C(C)(C)C)ccc4c4ccc(C(C)(C)C)cc43)c2)c1. The van der Waals surface area contributed by atoms with E-state index in [-0.39, 0.29) is 39.2 Å². The largest absolute Gasteiger partial charge is 0.458 e. The van der Waals surface area contributed by atoms with Crippen molar-refractivity contribution in [2.24, 2.45) is 0 Å². The maximum atomic E-state index is 7.62. The summed E-state index contributed by atoms with van der Waals surface area (Å²) in [6, 6.07) is 74.4. The van der Waals surface area contributed by atoms with Gasteiger partial charge in [-0.15, -0.1) is 0 Å². The number of hydrogen-bond acceptors (Lipinski definition) is 3. The van der Waals surface area contributed by atoms with E-state index >= 15 is 0 Å². The van der Waals surface area contributed by atoms with E-state index in [0.717, 1.165) is 101 Å². The lowest BCUT2D eigenvalue weighted by molar-refractivity contribution is 0.464. The highest BCUT2D eigenvalue weighted by Gasteiger charge is 2.42. The number of ether oxygens (including phenoxy) is 2. The molecule has 0 spiro atoms. The Morgan fingerprint density at radius 1 is 0.313 bits per heavy atom. The van der Waals surface area contributed by atoms with Crippen LogP contribution >= 0.6 is 0 Å². The summed E-state index contributed by atoms with van der Waals surface area (Å²) < 4.78 is 22.4. The van der Waals surface area contributed by atoms with Crippen molar-refractivity contribution in [1.82, 2.24) is 18.7 Å². The molecule has 0 amide bonds. The van der Waals surface area contributed by atoms with Crippen molar-refractivity contribution in [2.75, 3.05) is 0 Å². The summed E-state index contributed by atoms with van der Waals surface area (Å²) in [6.45, 7) is 45.8. The van der Waals surface area contributed by atoms with Gasteiger partial charge in [-0.05, 0) is 184 Å². The lowest BCUT2D eigenvalue weighted by atomic mass is 9.34. The predicted molar refractivity (Wildman–Crippen MR) is 422 cm³/mol.